The number of hydrogen-bond donors (Lipinski definition) is 1. The highest BCUT2D eigenvalue weighted by atomic mass is 16.5. The number of amides is 1. The van der Waals surface area contributed by atoms with Crippen molar-refractivity contribution in [3.05, 3.63) is 0 Å². The molecule has 2 fully saturated rings. The van der Waals surface area contributed by atoms with Gasteiger partial charge < -0.3 is 19.9 Å². The lowest BCUT2D eigenvalue weighted by atomic mass is 10.1. The van der Waals surface area contributed by atoms with Crippen LogP contribution in [0.2, 0.25) is 0 Å². The van der Waals surface area contributed by atoms with E-state index in [0.717, 1.165) is 19.6 Å². The van der Waals surface area contributed by atoms with Gasteiger partial charge in [0.25, 0.3) is 0 Å². The summed E-state index contributed by atoms with van der Waals surface area (Å²) in [5, 5.41) is 3.59. The first-order valence-electron chi connectivity index (χ1n) is 8.50. The van der Waals surface area contributed by atoms with Crippen LogP contribution in [0.15, 0.2) is 0 Å². The maximum Gasteiger partial charge on any atom is 0.224 e. The van der Waals surface area contributed by atoms with E-state index in [-0.39, 0.29) is 5.91 Å². The Morgan fingerprint density at radius 1 is 1.19 bits per heavy atom. The van der Waals surface area contributed by atoms with Crippen molar-refractivity contribution in [3.8, 4) is 0 Å². The van der Waals surface area contributed by atoms with Gasteiger partial charge in [0.05, 0.1) is 13.2 Å². The monoisotopic (exact) mass is 297 g/mol. The molecule has 0 aliphatic carbocycles. The van der Waals surface area contributed by atoms with Crippen LogP contribution >= 0.6 is 0 Å². The van der Waals surface area contributed by atoms with E-state index in [0.29, 0.717) is 31.7 Å². The van der Waals surface area contributed by atoms with Gasteiger partial charge in [-0.2, -0.15) is 0 Å². The summed E-state index contributed by atoms with van der Waals surface area (Å²) in [5.74, 6) is 0.267. The van der Waals surface area contributed by atoms with Crippen molar-refractivity contribution in [3.63, 3.8) is 0 Å². The van der Waals surface area contributed by atoms with Crippen LogP contribution in [0.1, 0.15) is 39.5 Å². The number of carbonyl (C=O) groups is 1. The van der Waals surface area contributed by atoms with Crippen LogP contribution in [0.4, 0.5) is 0 Å². The molecule has 1 unspecified atom stereocenters. The zero-order valence-electron chi connectivity index (χ0n) is 13.6. The van der Waals surface area contributed by atoms with E-state index >= 15 is 0 Å². The Bertz CT molecular complexity index is 317. The van der Waals surface area contributed by atoms with Crippen molar-refractivity contribution in [2.45, 2.75) is 51.6 Å². The Morgan fingerprint density at radius 3 is 2.67 bits per heavy atom. The summed E-state index contributed by atoms with van der Waals surface area (Å²) in [5.41, 5.74) is 0. The molecule has 1 amide bonds. The minimum atomic E-state index is 0.267. The van der Waals surface area contributed by atoms with E-state index in [4.69, 9.17) is 4.74 Å². The van der Waals surface area contributed by atoms with Gasteiger partial charge in [-0.25, -0.2) is 0 Å². The molecule has 1 atom stereocenters. The lowest BCUT2D eigenvalue weighted by molar-refractivity contribution is -0.135. The summed E-state index contributed by atoms with van der Waals surface area (Å²) >= 11 is 0. The minimum absolute atomic E-state index is 0.267. The van der Waals surface area contributed by atoms with Gasteiger partial charge in [0, 0.05) is 38.1 Å². The fraction of sp³-hybridized carbons (Fsp3) is 0.938. The molecule has 122 valence electrons. The van der Waals surface area contributed by atoms with Gasteiger partial charge in [-0.1, -0.05) is 0 Å². The first-order valence-corrected chi connectivity index (χ1v) is 8.50. The van der Waals surface area contributed by atoms with Crippen molar-refractivity contribution < 1.29 is 9.53 Å². The largest absolute Gasteiger partial charge is 0.378 e. The minimum Gasteiger partial charge on any atom is -0.378 e. The number of ether oxygens (including phenoxy) is 1. The maximum atomic E-state index is 12.1. The zero-order chi connectivity index (χ0) is 15.1. The Labute approximate surface area is 129 Å². The van der Waals surface area contributed by atoms with E-state index in [9.17, 15) is 4.79 Å². The van der Waals surface area contributed by atoms with Crippen LogP contribution in [0.5, 0.6) is 0 Å². The van der Waals surface area contributed by atoms with Crippen LogP contribution in [0, 0.1) is 0 Å². The highest BCUT2D eigenvalue weighted by Gasteiger charge is 2.19. The quantitative estimate of drug-likeness (QED) is 0.825. The molecule has 2 aliphatic rings. The van der Waals surface area contributed by atoms with Crippen LogP contribution in [-0.2, 0) is 9.53 Å². The zero-order valence-corrected chi connectivity index (χ0v) is 13.6. The Morgan fingerprint density at radius 2 is 1.95 bits per heavy atom. The summed E-state index contributed by atoms with van der Waals surface area (Å²) in [6.07, 6.45) is 4.30. The molecule has 21 heavy (non-hydrogen) atoms. The van der Waals surface area contributed by atoms with Crippen molar-refractivity contribution in [2.75, 3.05) is 45.9 Å². The number of nitrogens with one attached hydrogen (secondary N) is 1. The third-order valence-corrected chi connectivity index (χ3v) is 4.63. The Balaban J connectivity index is 1.63. The predicted molar refractivity (Wildman–Crippen MR) is 84.4 cm³/mol. The molecule has 2 aliphatic heterocycles. The molecule has 5 heteroatoms. The first kappa shape index (κ1) is 16.7. The Kier molecular flexibility index (Phi) is 6.93. The van der Waals surface area contributed by atoms with E-state index < -0.39 is 0 Å². The maximum absolute atomic E-state index is 12.1. The second-order valence-corrected chi connectivity index (χ2v) is 6.45. The first-order chi connectivity index (χ1) is 10.2. The normalized spacial score (nSPS) is 25.1. The van der Waals surface area contributed by atoms with Gasteiger partial charge in [0.1, 0.15) is 0 Å². The third-order valence-electron chi connectivity index (χ3n) is 4.63. The highest BCUT2D eigenvalue weighted by molar-refractivity contribution is 5.76. The molecular formula is C16H31N3O2. The molecule has 5 nitrogen and oxygen atoms in total. The molecule has 1 N–H and O–H groups in total. The fourth-order valence-electron chi connectivity index (χ4n) is 3.19. The standard InChI is InChI=1S/C16H31N3O2/c1-14(2)18-8-3-4-15(6-9-18)17-7-5-16(20)19-10-12-21-13-11-19/h14-15,17H,3-13H2,1-2H3. The average Bonchev–Trinajstić information content (AvgIpc) is 2.74. The molecule has 2 saturated heterocycles. The van der Waals surface area contributed by atoms with Crippen LogP contribution < -0.4 is 5.32 Å². The summed E-state index contributed by atoms with van der Waals surface area (Å²) in [6.45, 7) is 10.6. The molecule has 0 saturated carbocycles. The number of hydrogen-bond acceptors (Lipinski definition) is 4. The number of carbonyl (C=O) groups excluding carboxylic acids is 1. The number of morpholine rings is 1. The lowest BCUT2D eigenvalue weighted by Gasteiger charge is -2.27. The van der Waals surface area contributed by atoms with Gasteiger partial charge >= 0.3 is 0 Å². The smallest absolute Gasteiger partial charge is 0.224 e. The predicted octanol–water partition coefficient (Wildman–Crippen LogP) is 1.09. The van der Waals surface area contributed by atoms with Gasteiger partial charge in [0.2, 0.25) is 5.91 Å². The molecule has 0 spiro atoms. The van der Waals surface area contributed by atoms with E-state index in [2.05, 4.69) is 24.1 Å². The summed E-state index contributed by atoms with van der Waals surface area (Å²) < 4.78 is 5.28. The molecule has 0 aromatic carbocycles. The summed E-state index contributed by atoms with van der Waals surface area (Å²) in [4.78, 5) is 16.6. The Hall–Kier alpha value is -0.650. The van der Waals surface area contributed by atoms with E-state index in [1.54, 1.807) is 0 Å². The number of likely N-dealkylation sites (tertiary alicyclic amines) is 1. The van der Waals surface area contributed by atoms with E-state index in [1.165, 1.54) is 32.4 Å². The van der Waals surface area contributed by atoms with Crippen LogP contribution in [-0.4, -0.2) is 73.7 Å². The molecule has 0 bridgehead atoms. The molecule has 0 radical (unpaired) electrons. The molecule has 2 rings (SSSR count). The molecular weight excluding hydrogens is 266 g/mol. The van der Waals surface area contributed by atoms with Gasteiger partial charge in [-0.05, 0) is 46.2 Å². The van der Waals surface area contributed by atoms with Gasteiger partial charge in [-0.15, -0.1) is 0 Å². The number of rotatable bonds is 5. The molecule has 0 aromatic rings. The topological polar surface area (TPSA) is 44.8 Å². The lowest BCUT2D eigenvalue weighted by Crippen LogP contribution is -2.42. The third kappa shape index (κ3) is 5.57. The molecule has 0 aromatic heterocycles. The van der Waals surface area contributed by atoms with Crippen LogP contribution in [0.25, 0.3) is 0 Å². The number of nitrogens with zero attached hydrogens (tertiary/aromatic N) is 2. The van der Waals surface area contributed by atoms with Crippen molar-refractivity contribution in [2.24, 2.45) is 0 Å². The van der Waals surface area contributed by atoms with Crippen molar-refractivity contribution >= 4 is 5.91 Å². The van der Waals surface area contributed by atoms with Crippen molar-refractivity contribution in [1.29, 1.82) is 0 Å². The van der Waals surface area contributed by atoms with Crippen molar-refractivity contribution in [1.82, 2.24) is 15.1 Å². The van der Waals surface area contributed by atoms with Gasteiger partial charge in [0.15, 0.2) is 0 Å². The van der Waals surface area contributed by atoms with Gasteiger partial charge in [-0.3, -0.25) is 4.79 Å². The summed E-state index contributed by atoms with van der Waals surface area (Å²) in [7, 11) is 0. The van der Waals surface area contributed by atoms with Crippen LogP contribution in [0.3, 0.4) is 0 Å². The van der Waals surface area contributed by atoms with E-state index in [1.807, 2.05) is 4.90 Å². The fourth-order valence-corrected chi connectivity index (χ4v) is 3.19. The highest BCUT2D eigenvalue weighted by Crippen LogP contribution is 2.13. The second-order valence-electron chi connectivity index (χ2n) is 6.45. The second kappa shape index (κ2) is 8.71. The molecule has 2 heterocycles. The summed E-state index contributed by atoms with van der Waals surface area (Å²) in [6, 6.07) is 1.22. The SMILES string of the molecule is CC(C)N1CCCC(NCCC(=O)N2CCOCC2)CC1. The average molecular weight is 297 g/mol.